The highest BCUT2D eigenvalue weighted by Gasteiger charge is 2.37. The number of amides is 1. The second-order valence-electron chi connectivity index (χ2n) is 8.36. The molecule has 9 heteroatoms. The van der Waals surface area contributed by atoms with E-state index in [9.17, 15) is 18.0 Å². The summed E-state index contributed by atoms with van der Waals surface area (Å²) in [5, 5.41) is 13.3. The van der Waals surface area contributed by atoms with Crippen molar-refractivity contribution in [3.63, 3.8) is 0 Å². The first-order valence-electron chi connectivity index (χ1n) is 12.0. The lowest BCUT2D eigenvalue weighted by Crippen LogP contribution is -2.35. The van der Waals surface area contributed by atoms with Crippen LogP contribution in [0.4, 0.5) is 13.2 Å². The van der Waals surface area contributed by atoms with Crippen molar-refractivity contribution in [1.82, 2.24) is 20.5 Å². The number of carbonyl (C=O) groups excluding carboxylic acids is 1. The maximum Gasteiger partial charge on any atom is 0.433 e. The van der Waals surface area contributed by atoms with Crippen LogP contribution >= 0.6 is 0 Å². The fourth-order valence-electron chi connectivity index (χ4n) is 3.55. The molecule has 0 aliphatic rings. The molecule has 198 valence electrons. The Hall–Kier alpha value is -3.36. The van der Waals surface area contributed by atoms with Crippen LogP contribution in [0.5, 0.6) is 0 Å². The van der Waals surface area contributed by atoms with Crippen LogP contribution in [0.25, 0.3) is 0 Å². The van der Waals surface area contributed by atoms with Gasteiger partial charge in [0, 0.05) is 49.3 Å². The Kier molecular flexibility index (Phi) is 12.7. The van der Waals surface area contributed by atoms with E-state index in [2.05, 4.69) is 35.7 Å². The number of aryl methyl sites for hydroxylation is 3. The van der Waals surface area contributed by atoms with E-state index in [-0.39, 0.29) is 30.3 Å². The summed E-state index contributed by atoms with van der Waals surface area (Å²) in [6.45, 7) is 16.0. The molecule has 1 heterocycles. The van der Waals surface area contributed by atoms with E-state index in [0.29, 0.717) is 30.8 Å². The third-order valence-corrected chi connectivity index (χ3v) is 5.32. The van der Waals surface area contributed by atoms with E-state index in [1.165, 1.54) is 6.20 Å². The smallest absolute Gasteiger partial charge is 0.383 e. The quantitative estimate of drug-likeness (QED) is 0.129. The molecule has 0 aliphatic heterocycles. The number of halogens is 3. The van der Waals surface area contributed by atoms with Crippen molar-refractivity contribution in [2.75, 3.05) is 26.2 Å². The zero-order chi connectivity index (χ0) is 27.3. The van der Waals surface area contributed by atoms with Gasteiger partial charge in [-0.15, -0.1) is 6.58 Å². The molecule has 0 saturated carbocycles. The van der Waals surface area contributed by atoms with Crippen LogP contribution in [0.2, 0.25) is 0 Å². The molecular weight excluding hydrogens is 467 g/mol. The van der Waals surface area contributed by atoms with Gasteiger partial charge in [0.05, 0.1) is 11.3 Å². The molecule has 1 aromatic heterocycles. The number of alkyl halides is 3. The molecule has 3 N–H and O–H groups in total. The molecule has 36 heavy (non-hydrogen) atoms. The summed E-state index contributed by atoms with van der Waals surface area (Å²) in [6.07, 6.45) is 4.11. The highest BCUT2D eigenvalue weighted by Crippen LogP contribution is 2.24. The van der Waals surface area contributed by atoms with Crippen LogP contribution < -0.4 is 10.6 Å². The maximum absolute atomic E-state index is 13.4. The topological polar surface area (TPSA) is 81.1 Å². The molecule has 0 aliphatic carbocycles. The summed E-state index contributed by atoms with van der Waals surface area (Å²) < 4.78 is 40.2. The first kappa shape index (κ1) is 30.7. The van der Waals surface area contributed by atoms with Crippen molar-refractivity contribution in [3.8, 4) is 0 Å². The summed E-state index contributed by atoms with van der Waals surface area (Å²) in [7, 11) is 0. The van der Waals surface area contributed by atoms with E-state index in [1.54, 1.807) is 24.0 Å². The van der Waals surface area contributed by atoms with Crippen LogP contribution in [-0.4, -0.2) is 53.9 Å². The average molecular weight is 506 g/mol. The molecule has 1 aromatic rings. The van der Waals surface area contributed by atoms with Crippen LogP contribution in [0.1, 0.15) is 54.0 Å². The van der Waals surface area contributed by atoms with Gasteiger partial charge < -0.3 is 15.5 Å². The Bertz CT molecular complexity index is 973. The van der Waals surface area contributed by atoms with E-state index >= 15 is 0 Å². The number of hydrogen-bond acceptors (Lipinski definition) is 5. The van der Waals surface area contributed by atoms with Gasteiger partial charge in [0.25, 0.3) is 5.91 Å². The van der Waals surface area contributed by atoms with Gasteiger partial charge in [0.1, 0.15) is 5.71 Å². The molecule has 0 atom stereocenters. The van der Waals surface area contributed by atoms with Crippen molar-refractivity contribution in [2.24, 2.45) is 0 Å². The molecular formula is C27H38F3N5O. The van der Waals surface area contributed by atoms with Gasteiger partial charge in [0.15, 0.2) is 0 Å². The van der Waals surface area contributed by atoms with Crippen molar-refractivity contribution in [3.05, 3.63) is 77.4 Å². The van der Waals surface area contributed by atoms with E-state index in [4.69, 9.17) is 5.41 Å². The molecule has 0 bridgehead atoms. The monoisotopic (exact) mass is 505 g/mol. The number of rotatable bonds is 15. The van der Waals surface area contributed by atoms with E-state index in [0.717, 1.165) is 24.1 Å². The summed E-state index contributed by atoms with van der Waals surface area (Å²) >= 11 is 0. The summed E-state index contributed by atoms with van der Waals surface area (Å²) in [4.78, 5) is 18.9. The Morgan fingerprint density at radius 2 is 1.92 bits per heavy atom. The lowest BCUT2D eigenvalue weighted by atomic mass is 10.0. The minimum Gasteiger partial charge on any atom is -0.383 e. The molecule has 1 rings (SSSR count). The lowest BCUT2D eigenvalue weighted by Gasteiger charge is -2.23. The highest BCUT2D eigenvalue weighted by atomic mass is 19.4. The number of carbonyl (C=O) groups is 1. The van der Waals surface area contributed by atoms with Crippen molar-refractivity contribution >= 4 is 11.6 Å². The predicted molar refractivity (Wildman–Crippen MR) is 140 cm³/mol. The van der Waals surface area contributed by atoms with Crippen molar-refractivity contribution < 1.29 is 18.0 Å². The minimum absolute atomic E-state index is 0.0476. The number of pyridine rings is 1. The molecule has 1 amide bonds. The Balaban J connectivity index is 2.91. The SMILES string of the molecule is C=CCCN(/C=C(/C(=C)NCCNC(=O)c1c(C)cc(CCC)nc1C)C(=N)C(F)(F)F)C/C=C\C. The highest BCUT2D eigenvalue weighted by molar-refractivity contribution is 6.05. The summed E-state index contributed by atoms with van der Waals surface area (Å²) in [5.74, 6) is -0.297. The molecule has 0 saturated heterocycles. The number of allylic oxidation sites excluding steroid dienone is 2. The fraction of sp³-hybridized carbons (Fsp3) is 0.444. The number of aromatic nitrogens is 1. The Labute approximate surface area is 212 Å². The van der Waals surface area contributed by atoms with Crippen LogP contribution in [0, 0.1) is 19.3 Å². The third-order valence-electron chi connectivity index (χ3n) is 5.32. The van der Waals surface area contributed by atoms with Gasteiger partial charge in [0.2, 0.25) is 0 Å². The second-order valence-corrected chi connectivity index (χ2v) is 8.36. The van der Waals surface area contributed by atoms with Gasteiger partial charge in [-0.25, -0.2) is 0 Å². The maximum atomic E-state index is 13.4. The largest absolute Gasteiger partial charge is 0.433 e. The van der Waals surface area contributed by atoms with Gasteiger partial charge in [-0.05, 0) is 45.2 Å². The van der Waals surface area contributed by atoms with Gasteiger partial charge in [-0.1, -0.05) is 38.2 Å². The minimum atomic E-state index is -4.83. The summed E-state index contributed by atoms with van der Waals surface area (Å²) in [6, 6.07) is 1.90. The third kappa shape index (κ3) is 9.71. The number of hydrogen-bond donors (Lipinski definition) is 3. The fourth-order valence-corrected chi connectivity index (χ4v) is 3.55. The van der Waals surface area contributed by atoms with Crippen molar-refractivity contribution in [2.45, 2.75) is 53.1 Å². The summed E-state index contributed by atoms with van der Waals surface area (Å²) in [5.41, 5.74) is 0.999. The van der Waals surface area contributed by atoms with E-state index in [1.807, 2.05) is 26.0 Å². The molecule has 0 aromatic carbocycles. The first-order chi connectivity index (χ1) is 17.0. The zero-order valence-electron chi connectivity index (χ0n) is 21.7. The lowest BCUT2D eigenvalue weighted by molar-refractivity contribution is -0.0589. The Morgan fingerprint density at radius 1 is 1.25 bits per heavy atom. The zero-order valence-corrected chi connectivity index (χ0v) is 21.7. The van der Waals surface area contributed by atoms with Crippen LogP contribution in [0.15, 0.2) is 54.9 Å². The normalized spacial score (nSPS) is 11.9. The number of nitrogens with zero attached hydrogens (tertiary/aromatic N) is 2. The van der Waals surface area contributed by atoms with E-state index < -0.39 is 11.9 Å². The Morgan fingerprint density at radius 3 is 2.47 bits per heavy atom. The molecule has 0 fully saturated rings. The first-order valence-corrected chi connectivity index (χ1v) is 12.0. The van der Waals surface area contributed by atoms with Gasteiger partial charge >= 0.3 is 6.18 Å². The molecule has 0 spiro atoms. The molecule has 0 unspecified atom stereocenters. The standard InChI is InChI=1S/C27H38F3N5O/c1-7-10-15-35(16-11-8-2)18-23(25(31)27(28,29)30)20(5)32-13-14-33-26(36)24-19(4)17-22(12-9-3)34-21(24)6/h7-8,11,17-18,31-32H,1,5,9-10,12-16H2,2-4,6H3,(H,33,36)/b11-8-,23-18-,31-25?. The van der Waals surface area contributed by atoms with Crippen molar-refractivity contribution in [1.29, 1.82) is 5.41 Å². The average Bonchev–Trinajstić information content (AvgIpc) is 2.80. The molecule has 0 radical (unpaired) electrons. The van der Waals surface area contributed by atoms with Gasteiger partial charge in [-0.3, -0.25) is 15.2 Å². The number of nitrogens with one attached hydrogen (secondary N) is 3. The predicted octanol–water partition coefficient (Wildman–Crippen LogP) is 5.40. The van der Waals surface area contributed by atoms with Gasteiger partial charge in [-0.2, -0.15) is 13.2 Å². The van der Waals surface area contributed by atoms with Crippen LogP contribution in [0.3, 0.4) is 0 Å². The van der Waals surface area contributed by atoms with Crippen LogP contribution in [-0.2, 0) is 6.42 Å². The molecule has 6 nitrogen and oxygen atoms in total. The second kappa shape index (κ2) is 14.9.